The molecule has 3 aromatic rings. The Morgan fingerprint density at radius 1 is 1.04 bits per heavy atom. The zero-order valence-electron chi connectivity index (χ0n) is 12.6. The third-order valence-corrected chi connectivity index (χ3v) is 3.98. The molecule has 2 aromatic heterocycles. The fourth-order valence-corrected chi connectivity index (χ4v) is 2.58. The van der Waals surface area contributed by atoms with E-state index in [4.69, 9.17) is 0 Å². The second-order valence-electron chi connectivity index (χ2n) is 5.56. The van der Waals surface area contributed by atoms with E-state index in [1.165, 1.54) is 24.8 Å². The topological polar surface area (TPSA) is 81.6 Å². The molecule has 7 nitrogen and oxygen atoms in total. The van der Waals surface area contributed by atoms with E-state index in [2.05, 4.69) is 20.2 Å². The number of rotatable bonds is 6. The summed E-state index contributed by atoms with van der Waals surface area (Å²) in [6.45, 7) is 2.35. The van der Waals surface area contributed by atoms with Crippen LogP contribution in [0.5, 0.6) is 0 Å². The van der Waals surface area contributed by atoms with Gasteiger partial charge in [-0.15, -0.1) is 0 Å². The molecule has 3 rings (SSSR count). The molecule has 0 fully saturated rings. The fourth-order valence-electron chi connectivity index (χ4n) is 2.58. The molecular formula is C15H17FN6O. The molecule has 23 heavy (non-hydrogen) atoms. The second-order valence-corrected chi connectivity index (χ2v) is 5.56. The summed E-state index contributed by atoms with van der Waals surface area (Å²) in [6, 6.07) is 6.12. The van der Waals surface area contributed by atoms with Gasteiger partial charge >= 0.3 is 0 Å². The van der Waals surface area contributed by atoms with E-state index in [-0.39, 0.29) is 24.8 Å². The number of halogens is 1. The molecule has 1 atom stereocenters. The molecule has 0 aliphatic rings. The van der Waals surface area contributed by atoms with Gasteiger partial charge in [0.15, 0.2) is 0 Å². The minimum absolute atomic E-state index is 0.228. The average Bonchev–Trinajstić information content (AvgIpc) is 3.21. The molecule has 2 heterocycles. The van der Waals surface area contributed by atoms with Gasteiger partial charge in [-0.25, -0.2) is 23.7 Å². The fraction of sp³-hybridized carbons (Fsp3) is 0.333. The van der Waals surface area contributed by atoms with Gasteiger partial charge in [-0.1, -0.05) is 19.1 Å². The first-order valence-electron chi connectivity index (χ1n) is 7.19. The van der Waals surface area contributed by atoms with Crippen molar-refractivity contribution in [1.82, 2.24) is 29.5 Å². The molecule has 0 spiro atoms. The average molecular weight is 316 g/mol. The van der Waals surface area contributed by atoms with Crippen molar-refractivity contribution in [3.63, 3.8) is 0 Å². The van der Waals surface area contributed by atoms with Gasteiger partial charge in [0, 0.05) is 5.92 Å². The first-order chi connectivity index (χ1) is 11.1. The third-order valence-electron chi connectivity index (χ3n) is 3.98. The maximum atomic E-state index is 13.1. The smallest absolute Gasteiger partial charge is 0.137 e. The Bertz CT molecular complexity index is 690. The zero-order valence-corrected chi connectivity index (χ0v) is 12.6. The summed E-state index contributed by atoms with van der Waals surface area (Å²) < 4.78 is 16.3. The van der Waals surface area contributed by atoms with E-state index in [0.29, 0.717) is 0 Å². The highest BCUT2D eigenvalue weighted by molar-refractivity contribution is 5.23. The molecule has 0 saturated heterocycles. The van der Waals surface area contributed by atoms with E-state index < -0.39 is 5.60 Å². The van der Waals surface area contributed by atoms with Gasteiger partial charge in [-0.2, -0.15) is 10.2 Å². The predicted octanol–water partition coefficient (Wildman–Crippen LogP) is 1.24. The number of aliphatic hydroxyl groups is 1. The van der Waals surface area contributed by atoms with Crippen LogP contribution in [0.1, 0.15) is 18.4 Å². The molecule has 0 bridgehead atoms. The quantitative estimate of drug-likeness (QED) is 0.740. The van der Waals surface area contributed by atoms with Gasteiger partial charge in [-0.05, 0) is 17.7 Å². The first-order valence-corrected chi connectivity index (χ1v) is 7.19. The van der Waals surface area contributed by atoms with Crippen LogP contribution in [-0.4, -0.2) is 40.2 Å². The summed E-state index contributed by atoms with van der Waals surface area (Å²) >= 11 is 0. The van der Waals surface area contributed by atoms with Crippen LogP contribution in [-0.2, 0) is 13.1 Å². The number of hydrogen-bond donors (Lipinski definition) is 1. The maximum Gasteiger partial charge on any atom is 0.137 e. The van der Waals surface area contributed by atoms with E-state index in [9.17, 15) is 9.50 Å². The van der Waals surface area contributed by atoms with Gasteiger partial charge < -0.3 is 5.11 Å². The van der Waals surface area contributed by atoms with Crippen LogP contribution in [0.3, 0.4) is 0 Å². The van der Waals surface area contributed by atoms with E-state index in [1.54, 1.807) is 34.2 Å². The van der Waals surface area contributed by atoms with Crippen LogP contribution >= 0.6 is 0 Å². The van der Waals surface area contributed by atoms with Gasteiger partial charge in [0.1, 0.15) is 36.7 Å². The number of nitrogens with zero attached hydrogens (tertiary/aromatic N) is 6. The van der Waals surface area contributed by atoms with Crippen LogP contribution < -0.4 is 0 Å². The molecule has 0 aliphatic carbocycles. The number of hydrogen-bond acceptors (Lipinski definition) is 5. The third kappa shape index (κ3) is 3.42. The molecule has 0 amide bonds. The minimum atomic E-state index is -1.20. The number of benzene rings is 1. The zero-order chi connectivity index (χ0) is 16.3. The lowest BCUT2D eigenvalue weighted by Crippen LogP contribution is -2.44. The van der Waals surface area contributed by atoms with Crippen molar-refractivity contribution in [2.45, 2.75) is 31.5 Å². The first kappa shape index (κ1) is 15.3. The molecule has 1 aromatic carbocycles. The molecule has 0 aliphatic heterocycles. The molecule has 0 saturated carbocycles. The van der Waals surface area contributed by atoms with E-state index in [1.807, 2.05) is 6.92 Å². The van der Waals surface area contributed by atoms with Crippen molar-refractivity contribution >= 4 is 0 Å². The van der Waals surface area contributed by atoms with Gasteiger partial charge in [0.25, 0.3) is 0 Å². The standard InChI is InChI=1S/C15H17FN6O/c1-12(13-2-4-14(16)5-3-13)15(23,6-21-10-17-8-19-21)7-22-11-18-9-20-22/h2-5,8-12,23H,6-7H2,1H3. The Hall–Kier alpha value is -2.61. The van der Waals surface area contributed by atoms with Crippen molar-refractivity contribution in [1.29, 1.82) is 0 Å². The molecule has 1 N–H and O–H groups in total. The Kier molecular flexibility index (Phi) is 4.16. The van der Waals surface area contributed by atoms with Crippen LogP contribution in [0, 0.1) is 5.82 Å². The Morgan fingerprint density at radius 3 is 2.00 bits per heavy atom. The summed E-state index contributed by atoms with van der Waals surface area (Å²) in [5.74, 6) is -0.589. The Balaban J connectivity index is 1.91. The molecule has 120 valence electrons. The SMILES string of the molecule is CC(c1ccc(F)cc1)C(O)(Cn1cncn1)Cn1cncn1. The van der Waals surface area contributed by atoms with Crippen molar-refractivity contribution in [2.24, 2.45) is 0 Å². The Morgan fingerprint density at radius 2 is 1.57 bits per heavy atom. The molecule has 1 unspecified atom stereocenters. The van der Waals surface area contributed by atoms with Crippen molar-refractivity contribution in [3.8, 4) is 0 Å². The molecule has 0 radical (unpaired) electrons. The van der Waals surface area contributed by atoms with Crippen molar-refractivity contribution in [3.05, 3.63) is 61.0 Å². The Labute approximate surface area is 132 Å². The number of aromatic nitrogens is 6. The normalized spacial score (nSPS) is 13.2. The van der Waals surface area contributed by atoms with Gasteiger partial charge in [-0.3, -0.25) is 0 Å². The summed E-state index contributed by atoms with van der Waals surface area (Å²) in [5.41, 5.74) is -0.367. The van der Waals surface area contributed by atoms with Crippen molar-refractivity contribution in [2.75, 3.05) is 0 Å². The highest BCUT2D eigenvalue weighted by Crippen LogP contribution is 2.31. The second kappa shape index (κ2) is 6.25. The lowest BCUT2D eigenvalue weighted by Gasteiger charge is -2.34. The monoisotopic (exact) mass is 316 g/mol. The minimum Gasteiger partial charge on any atom is -0.385 e. The summed E-state index contributed by atoms with van der Waals surface area (Å²) in [5, 5.41) is 19.4. The molecular weight excluding hydrogens is 299 g/mol. The summed E-state index contributed by atoms with van der Waals surface area (Å²) in [7, 11) is 0. The largest absolute Gasteiger partial charge is 0.385 e. The lowest BCUT2D eigenvalue weighted by molar-refractivity contribution is -0.0213. The highest BCUT2D eigenvalue weighted by atomic mass is 19.1. The van der Waals surface area contributed by atoms with E-state index >= 15 is 0 Å². The van der Waals surface area contributed by atoms with E-state index in [0.717, 1.165) is 5.56 Å². The summed E-state index contributed by atoms with van der Waals surface area (Å²) in [4.78, 5) is 7.81. The van der Waals surface area contributed by atoms with Gasteiger partial charge in [0.2, 0.25) is 0 Å². The van der Waals surface area contributed by atoms with Gasteiger partial charge in [0.05, 0.1) is 13.1 Å². The summed E-state index contributed by atoms with van der Waals surface area (Å²) in [6.07, 6.45) is 5.92. The maximum absolute atomic E-state index is 13.1. The lowest BCUT2D eigenvalue weighted by atomic mass is 9.83. The predicted molar refractivity (Wildman–Crippen MR) is 79.8 cm³/mol. The highest BCUT2D eigenvalue weighted by Gasteiger charge is 2.36. The van der Waals surface area contributed by atoms with Crippen LogP contribution in [0.25, 0.3) is 0 Å². The van der Waals surface area contributed by atoms with Crippen LogP contribution in [0.4, 0.5) is 4.39 Å². The van der Waals surface area contributed by atoms with Crippen molar-refractivity contribution < 1.29 is 9.50 Å². The van der Waals surface area contributed by atoms with Crippen LogP contribution in [0.15, 0.2) is 49.6 Å². The molecule has 8 heteroatoms. The van der Waals surface area contributed by atoms with Crippen LogP contribution in [0.2, 0.25) is 0 Å².